The predicted octanol–water partition coefficient (Wildman–Crippen LogP) is 2.40. The Bertz CT molecular complexity index is 509. The molecule has 2 saturated heterocycles. The molecule has 0 spiro atoms. The zero-order valence-electron chi connectivity index (χ0n) is 15.7. The molecule has 0 amide bonds. The minimum Gasteiger partial charge on any atom is -0.493 e. The second kappa shape index (κ2) is 9.53. The van der Waals surface area contributed by atoms with Gasteiger partial charge in [0.1, 0.15) is 5.75 Å². The van der Waals surface area contributed by atoms with Crippen molar-refractivity contribution in [3.8, 4) is 5.75 Å². The van der Waals surface area contributed by atoms with Gasteiger partial charge >= 0.3 is 0 Å². The lowest BCUT2D eigenvalue weighted by atomic mass is 10.1. The highest BCUT2D eigenvalue weighted by molar-refractivity contribution is 5.33. The average Bonchev–Trinajstić information content (AvgIpc) is 2.60. The molecule has 0 N–H and O–H groups in total. The highest BCUT2D eigenvalue weighted by Gasteiger charge is 2.22. The van der Waals surface area contributed by atoms with Gasteiger partial charge in [-0.3, -0.25) is 9.80 Å². The number of nitrogens with zero attached hydrogens (tertiary/aromatic N) is 2. The number of hydrogen-bond donors (Lipinski definition) is 0. The van der Waals surface area contributed by atoms with Gasteiger partial charge in [-0.15, -0.1) is 0 Å². The molecule has 5 heteroatoms. The van der Waals surface area contributed by atoms with E-state index in [1.165, 1.54) is 5.56 Å². The largest absolute Gasteiger partial charge is 0.493 e. The van der Waals surface area contributed by atoms with Gasteiger partial charge in [0.25, 0.3) is 0 Å². The van der Waals surface area contributed by atoms with Gasteiger partial charge < -0.3 is 14.2 Å². The molecule has 1 aromatic rings. The van der Waals surface area contributed by atoms with Crippen molar-refractivity contribution in [3.63, 3.8) is 0 Å². The Morgan fingerprint density at radius 2 is 1.76 bits per heavy atom. The normalized spacial score (nSPS) is 25.8. The van der Waals surface area contributed by atoms with Crippen LogP contribution in [0.1, 0.15) is 25.8 Å². The molecule has 25 heavy (non-hydrogen) atoms. The fourth-order valence-electron chi connectivity index (χ4n) is 3.72. The number of rotatable bonds is 7. The minimum atomic E-state index is 0.297. The van der Waals surface area contributed by atoms with E-state index in [9.17, 15) is 0 Å². The van der Waals surface area contributed by atoms with Gasteiger partial charge in [0.15, 0.2) is 0 Å². The fourth-order valence-corrected chi connectivity index (χ4v) is 3.72. The van der Waals surface area contributed by atoms with E-state index in [4.69, 9.17) is 14.2 Å². The molecular formula is C20H32N2O3. The van der Waals surface area contributed by atoms with Gasteiger partial charge in [-0.05, 0) is 26.3 Å². The van der Waals surface area contributed by atoms with Crippen molar-refractivity contribution < 1.29 is 14.2 Å². The molecule has 0 unspecified atom stereocenters. The van der Waals surface area contributed by atoms with Gasteiger partial charge in [0.2, 0.25) is 0 Å². The molecule has 2 aliphatic heterocycles. The maximum atomic E-state index is 6.11. The van der Waals surface area contributed by atoms with Crippen molar-refractivity contribution in [1.82, 2.24) is 9.80 Å². The van der Waals surface area contributed by atoms with Crippen LogP contribution in [0.3, 0.4) is 0 Å². The van der Waals surface area contributed by atoms with Crippen LogP contribution in [0, 0.1) is 0 Å². The fraction of sp³-hybridized carbons (Fsp3) is 0.700. The lowest BCUT2D eigenvalue weighted by Gasteiger charge is -2.35. The summed E-state index contributed by atoms with van der Waals surface area (Å²) in [7, 11) is 0. The van der Waals surface area contributed by atoms with Crippen molar-refractivity contribution in [2.24, 2.45) is 0 Å². The first-order valence-electron chi connectivity index (χ1n) is 9.59. The summed E-state index contributed by atoms with van der Waals surface area (Å²) in [6.07, 6.45) is 1.65. The van der Waals surface area contributed by atoms with Crippen molar-refractivity contribution in [2.45, 2.75) is 39.0 Å². The van der Waals surface area contributed by atoms with Crippen molar-refractivity contribution in [2.75, 3.05) is 52.5 Å². The predicted molar refractivity (Wildman–Crippen MR) is 99.1 cm³/mol. The first-order valence-corrected chi connectivity index (χ1v) is 9.59. The van der Waals surface area contributed by atoms with Gasteiger partial charge in [-0.1, -0.05) is 18.2 Å². The van der Waals surface area contributed by atoms with E-state index in [1.807, 2.05) is 0 Å². The van der Waals surface area contributed by atoms with Crippen LogP contribution in [-0.2, 0) is 16.0 Å². The molecule has 0 aliphatic carbocycles. The lowest BCUT2D eigenvalue weighted by Crippen LogP contribution is -2.44. The molecule has 0 bridgehead atoms. The molecule has 2 atom stereocenters. The second-order valence-corrected chi connectivity index (χ2v) is 7.22. The summed E-state index contributed by atoms with van der Waals surface area (Å²) >= 11 is 0. The number of benzene rings is 1. The Morgan fingerprint density at radius 1 is 1.04 bits per heavy atom. The molecule has 2 fully saturated rings. The van der Waals surface area contributed by atoms with Crippen LogP contribution in [-0.4, -0.2) is 74.6 Å². The van der Waals surface area contributed by atoms with E-state index in [0.717, 1.165) is 71.3 Å². The quantitative estimate of drug-likeness (QED) is 0.707. The van der Waals surface area contributed by atoms with Crippen LogP contribution in [0.15, 0.2) is 24.3 Å². The summed E-state index contributed by atoms with van der Waals surface area (Å²) < 4.78 is 17.3. The van der Waals surface area contributed by atoms with Gasteiger partial charge in [-0.25, -0.2) is 0 Å². The molecule has 0 saturated carbocycles. The summed E-state index contributed by atoms with van der Waals surface area (Å²) in [5, 5.41) is 0. The Balaban J connectivity index is 1.47. The third-order valence-corrected chi connectivity index (χ3v) is 4.84. The Morgan fingerprint density at radius 3 is 2.52 bits per heavy atom. The zero-order chi connectivity index (χ0) is 17.5. The third kappa shape index (κ3) is 5.96. The van der Waals surface area contributed by atoms with E-state index in [2.05, 4.69) is 47.9 Å². The average molecular weight is 348 g/mol. The standard InChI is InChI=1S/C20H32N2O3/c1-17-14-22(15-18(2)25-17)16-19-6-3-4-7-20(19)24-11-5-8-21-9-12-23-13-10-21/h3-4,6-7,17-18H,5,8-16H2,1-2H3/t17-,18+. The van der Waals surface area contributed by atoms with Gasteiger partial charge in [0, 0.05) is 44.8 Å². The van der Waals surface area contributed by atoms with Gasteiger partial charge in [0.05, 0.1) is 32.0 Å². The Labute approximate surface area is 151 Å². The van der Waals surface area contributed by atoms with Gasteiger partial charge in [-0.2, -0.15) is 0 Å². The van der Waals surface area contributed by atoms with E-state index in [1.54, 1.807) is 0 Å². The topological polar surface area (TPSA) is 34.2 Å². The van der Waals surface area contributed by atoms with Crippen molar-refractivity contribution in [3.05, 3.63) is 29.8 Å². The maximum Gasteiger partial charge on any atom is 0.123 e. The minimum absolute atomic E-state index is 0.297. The van der Waals surface area contributed by atoms with Crippen LogP contribution >= 0.6 is 0 Å². The molecule has 5 nitrogen and oxygen atoms in total. The number of hydrogen-bond acceptors (Lipinski definition) is 5. The zero-order valence-corrected chi connectivity index (χ0v) is 15.7. The van der Waals surface area contributed by atoms with Crippen LogP contribution in [0.4, 0.5) is 0 Å². The monoisotopic (exact) mass is 348 g/mol. The first-order chi connectivity index (χ1) is 12.2. The van der Waals surface area contributed by atoms with Crippen LogP contribution in [0.25, 0.3) is 0 Å². The molecule has 3 rings (SSSR count). The number of ether oxygens (including phenoxy) is 3. The smallest absolute Gasteiger partial charge is 0.123 e. The molecule has 0 radical (unpaired) electrons. The summed E-state index contributed by atoms with van der Waals surface area (Å²) in [5.74, 6) is 1.02. The Hall–Kier alpha value is -1.14. The van der Waals surface area contributed by atoms with E-state index in [-0.39, 0.29) is 0 Å². The lowest BCUT2D eigenvalue weighted by molar-refractivity contribution is -0.0706. The highest BCUT2D eigenvalue weighted by atomic mass is 16.5. The van der Waals surface area contributed by atoms with Crippen LogP contribution in [0.5, 0.6) is 5.75 Å². The Kier molecular flexibility index (Phi) is 7.11. The van der Waals surface area contributed by atoms with E-state index >= 15 is 0 Å². The molecule has 2 heterocycles. The van der Waals surface area contributed by atoms with Crippen LogP contribution < -0.4 is 4.74 Å². The highest BCUT2D eigenvalue weighted by Crippen LogP contribution is 2.22. The van der Waals surface area contributed by atoms with Crippen molar-refractivity contribution in [1.29, 1.82) is 0 Å². The van der Waals surface area contributed by atoms with E-state index < -0.39 is 0 Å². The second-order valence-electron chi connectivity index (χ2n) is 7.22. The summed E-state index contributed by atoms with van der Waals surface area (Å²) in [6.45, 7) is 12.9. The molecule has 2 aliphatic rings. The van der Waals surface area contributed by atoms with Crippen LogP contribution in [0.2, 0.25) is 0 Å². The SMILES string of the molecule is C[C@@H]1CN(Cc2ccccc2OCCCN2CCOCC2)C[C@H](C)O1. The van der Waals surface area contributed by atoms with Crippen molar-refractivity contribution >= 4 is 0 Å². The molecule has 1 aromatic carbocycles. The molecule has 0 aromatic heterocycles. The van der Waals surface area contributed by atoms with E-state index in [0.29, 0.717) is 12.2 Å². The first kappa shape index (κ1) is 18.6. The number of morpholine rings is 2. The maximum absolute atomic E-state index is 6.11. The summed E-state index contributed by atoms with van der Waals surface area (Å²) in [5.41, 5.74) is 1.27. The summed E-state index contributed by atoms with van der Waals surface area (Å²) in [6, 6.07) is 8.44. The molecule has 140 valence electrons. The third-order valence-electron chi connectivity index (χ3n) is 4.84. The number of para-hydroxylation sites is 1. The summed E-state index contributed by atoms with van der Waals surface area (Å²) in [4.78, 5) is 4.92. The molecular weight excluding hydrogens is 316 g/mol.